The van der Waals surface area contributed by atoms with Crippen molar-refractivity contribution in [2.45, 2.75) is 51.5 Å². The van der Waals surface area contributed by atoms with E-state index in [1.54, 1.807) is 13.1 Å². The van der Waals surface area contributed by atoms with Gasteiger partial charge in [0, 0.05) is 45.3 Å². The van der Waals surface area contributed by atoms with Crippen LogP contribution in [-0.4, -0.2) is 65.0 Å². The monoisotopic (exact) mass is 365 g/mol. The number of carbonyl (C=O) groups is 2. The average molecular weight is 365 g/mol. The lowest BCUT2D eigenvalue weighted by Crippen LogP contribution is -2.54. The molecule has 0 saturated carbocycles. The fraction of sp³-hybridized carbons (Fsp3) is 0.722. The molecule has 0 radical (unpaired) electrons. The Labute approximate surface area is 153 Å². The van der Waals surface area contributed by atoms with E-state index in [0.717, 1.165) is 37.1 Å². The summed E-state index contributed by atoms with van der Waals surface area (Å²) in [6, 6.07) is 0. The van der Waals surface area contributed by atoms with Crippen molar-refractivity contribution in [2.24, 2.45) is 0 Å². The van der Waals surface area contributed by atoms with Gasteiger partial charge in [0.15, 0.2) is 0 Å². The minimum atomic E-state index is -0.153. The SMILES string of the molecule is CCCc1ncc(C(=O)N2CCN(C(C)=O)C3(CCOCC3)CC2)s1. The molecule has 1 aromatic rings. The van der Waals surface area contributed by atoms with Crippen LogP contribution >= 0.6 is 11.3 Å². The Bertz CT molecular complexity index is 625. The largest absolute Gasteiger partial charge is 0.381 e. The first kappa shape index (κ1) is 18.3. The summed E-state index contributed by atoms with van der Waals surface area (Å²) in [4.78, 5) is 34.1. The Kier molecular flexibility index (Phi) is 5.74. The van der Waals surface area contributed by atoms with Gasteiger partial charge in [-0.25, -0.2) is 4.98 Å². The van der Waals surface area contributed by atoms with Gasteiger partial charge in [-0.15, -0.1) is 11.3 Å². The molecule has 2 aliphatic rings. The summed E-state index contributed by atoms with van der Waals surface area (Å²) in [5, 5.41) is 1.02. The normalized spacial score (nSPS) is 20.6. The van der Waals surface area contributed by atoms with Crippen LogP contribution in [0, 0.1) is 0 Å². The summed E-state index contributed by atoms with van der Waals surface area (Å²) in [6.45, 7) is 6.99. The van der Waals surface area contributed by atoms with Gasteiger partial charge in [-0.05, 0) is 32.1 Å². The first-order chi connectivity index (χ1) is 12.1. The molecule has 2 fully saturated rings. The van der Waals surface area contributed by atoms with Gasteiger partial charge in [0.05, 0.1) is 11.2 Å². The molecule has 0 aliphatic carbocycles. The summed E-state index contributed by atoms with van der Waals surface area (Å²) < 4.78 is 5.51. The Morgan fingerprint density at radius 1 is 1.24 bits per heavy atom. The van der Waals surface area contributed by atoms with Gasteiger partial charge in [-0.1, -0.05) is 6.92 Å². The molecule has 0 aromatic carbocycles. The van der Waals surface area contributed by atoms with Crippen LogP contribution in [0.25, 0.3) is 0 Å². The zero-order valence-electron chi connectivity index (χ0n) is 15.1. The molecule has 2 amide bonds. The second-order valence-corrected chi connectivity index (χ2v) is 8.03. The first-order valence-corrected chi connectivity index (χ1v) is 9.97. The number of nitrogens with zero attached hydrogens (tertiary/aromatic N) is 3. The molecule has 0 atom stereocenters. The van der Waals surface area contributed by atoms with Crippen LogP contribution in [0.15, 0.2) is 6.20 Å². The topological polar surface area (TPSA) is 62.7 Å². The van der Waals surface area contributed by atoms with Crippen LogP contribution in [0.5, 0.6) is 0 Å². The molecule has 2 aliphatic heterocycles. The molecule has 3 heterocycles. The molecular formula is C18H27N3O3S. The maximum absolute atomic E-state index is 12.9. The number of thiazole rings is 1. The molecule has 2 saturated heterocycles. The van der Waals surface area contributed by atoms with Crippen molar-refractivity contribution < 1.29 is 14.3 Å². The van der Waals surface area contributed by atoms with E-state index in [1.165, 1.54) is 11.3 Å². The molecule has 1 aromatic heterocycles. The second-order valence-electron chi connectivity index (χ2n) is 6.92. The zero-order valence-corrected chi connectivity index (χ0v) is 15.9. The third-order valence-electron chi connectivity index (χ3n) is 5.33. The smallest absolute Gasteiger partial charge is 0.265 e. The van der Waals surface area contributed by atoms with Crippen molar-refractivity contribution in [1.82, 2.24) is 14.8 Å². The van der Waals surface area contributed by atoms with E-state index in [-0.39, 0.29) is 17.4 Å². The average Bonchev–Trinajstić information content (AvgIpc) is 2.99. The fourth-order valence-electron chi connectivity index (χ4n) is 3.91. The number of aromatic nitrogens is 1. The lowest BCUT2D eigenvalue weighted by atomic mass is 9.84. The van der Waals surface area contributed by atoms with Gasteiger partial charge in [0.25, 0.3) is 5.91 Å². The summed E-state index contributed by atoms with van der Waals surface area (Å²) in [7, 11) is 0. The highest BCUT2D eigenvalue weighted by Crippen LogP contribution is 2.34. The number of carbonyl (C=O) groups excluding carboxylic acids is 2. The van der Waals surface area contributed by atoms with Crippen molar-refractivity contribution in [2.75, 3.05) is 32.8 Å². The highest BCUT2D eigenvalue weighted by molar-refractivity contribution is 7.13. The number of hydrogen-bond donors (Lipinski definition) is 0. The fourth-order valence-corrected chi connectivity index (χ4v) is 4.90. The van der Waals surface area contributed by atoms with E-state index in [4.69, 9.17) is 4.74 Å². The first-order valence-electron chi connectivity index (χ1n) is 9.16. The number of aryl methyl sites for hydroxylation is 1. The predicted octanol–water partition coefficient (Wildman–Crippen LogP) is 2.34. The third-order valence-corrected chi connectivity index (χ3v) is 6.38. The Balaban J connectivity index is 1.74. The number of ether oxygens (including phenoxy) is 1. The molecule has 0 bridgehead atoms. The Morgan fingerprint density at radius 3 is 2.68 bits per heavy atom. The molecule has 6 nitrogen and oxygen atoms in total. The Hall–Kier alpha value is -1.47. The van der Waals surface area contributed by atoms with E-state index in [2.05, 4.69) is 11.9 Å². The zero-order chi connectivity index (χ0) is 17.9. The molecule has 7 heteroatoms. The summed E-state index contributed by atoms with van der Waals surface area (Å²) in [6.07, 6.45) is 6.19. The standard InChI is InChI=1S/C18H27N3O3S/c1-3-4-16-19-13-15(25-16)17(23)20-8-5-18(6-11-24-12-7-18)21(10-9-20)14(2)22/h13H,3-12H2,1-2H3. The maximum Gasteiger partial charge on any atom is 0.265 e. The van der Waals surface area contributed by atoms with Crippen molar-refractivity contribution in [3.63, 3.8) is 0 Å². The van der Waals surface area contributed by atoms with Crippen LogP contribution < -0.4 is 0 Å². The molecule has 25 heavy (non-hydrogen) atoms. The van der Waals surface area contributed by atoms with Crippen molar-refractivity contribution in [1.29, 1.82) is 0 Å². The van der Waals surface area contributed by atoms with Crippen molar-refractivity contribution in [3.8, 4) is 0 Å². The predicted molar refractivity (Wildman–Crippen MR) is 96.8 cm³/mol. The van der Waals surface area contributed by atoms with Crippen LogP contribution in [0.4, 0.5) is 0 Å². The summed E-state index contributed by atoms with van der Waals surface area (Å²) >= 11 is 1.50. The van der Waals surface area contributed by atoms with Gasteiger partial charge >= 0.3 is 0 Å². The molecular weight excluding hydrogens is 338 g/mol. The number of hydrogen-bond acceptors (Lipinski definition) is 5. The molecule has 1 spiro atoms. The van der Waals surface area contributed by atoms with Crippen LogP contribution in [0.3, 0.4) is 0 Å². The lowest BCUT2D eigenvalue weighted by Gasteiger charge is -2.44. The third kappa shape index (κ3) is 3.87. The summed E-state index contributed by atoms with van der Waals surface area (Å²) in [5.74, 6) is 0.145. The molecule has 138 valence electrons. The quantitative estimate of drug-likeness (QED) is 0.825. The van der Waals surface area contributed by atoms with Gasteiger partial charge in [-0.3, -0.25) is 9.59 Å². The molecule has 3 rings (SSSR count). The van der Waals surface area contributed by atoms with Crippen molar-refractivity contribution in [3.05, 3.63) is 16.1 Å². The molecule has 0 unspecified atom stereocenters. The maximum atomic E-state index is 12.9. The molecule has 0 N–H and O–H groups in total. The highest BCUT2D eigenvalue weighted by atomic mass is 32.1. The van der Waals surface area contributed by atoms with Gasteiger partial charge < -0.3 is 14.5 Å². The van der Waals surface area contributed by atoms with E-state index in [1.807, 2.05) is 9.80 Å². The highest BCUT2D eigenvalue weighted by Gasteiger charge is 2.42. The van der Waals surface area contributed by atoms with Gasteiger partial charge in [0.1, 0.15) is 4.88 Å². The second kappa shape index (κ2) is 7.83. The van der Waals surface area contributed by atoms with Crippen LogP contribution in [0.2, 0.25) is 0 Å². The van der Waals surface area contributed by atoms with E-state index < -0.39 is 0 Å². The summed E-state index contributed by atoms with van der Waals surface area (Å²) in [5.41, 5.74) is -0.153. The van der Waals surface area contributed by atoms with Crippen LogP contribution in [0.1, 0.15) is 54.2 Å². The number of rotatable bonds is 3. The van der Waals surface area contributed by atoms with E-state index in [0.29, 0.717) is 37.7 Å². The lowest BCUT2D eigenvalue weighted by molar-refractivity contribution is -0.139. The van der Waals surface area contributed by atoms with Gasteiger partial charge in [0.2, 0.25) is 5.91 Å². The van der Waals surface area contributed by atoms with Crippen LogP contribution in [-0.2, 0) is 16.0 Å². The Morgan fingerprint density at radius 2 is 2.00 bits per heavy atom. The van der Waals surface area contributed by atoms with E-state index in [9.17, 15) is 9.59 Å². The minimum Gasteiger partial charge on any atom is -0.381 e. The minimum absolute atomic E-state index is 0.0486. The van der Waals surface area contributed by atoms with Gasteiger partial charge in [-0.2, -0.15) is 0 Å². The van der Waals surface area contributed by atoms with Crippen molar-refractivity contribution >= 4 is 23.2 Å². The van der Waals surface area contributed by atoms with E-state index >= 15 is 0 Å². The number of amides is 2.